The summed E-state index contributed by atoms with van der Waals surface area (Å²) in [7, 11) is 0. The maximum Gasteiger partial charge on any atom is 0.274 e. The van der Waals surface area contributed by atoms with Crippen LogP contribution in [0.5, 0.6) is 0 Å². The van der Waals surface area contributed by atoms with E-state index in [-0.39, 0.29) is 5.69 Å². The molecule has 0 aromatic heterocycles. The van der Waals surface area contributed by atoms with E-state index < -0.39 is 10.8 Å². The molecule has 2 aromatic rings. The number of benzene rings is 2. The number of hydrogen-bond acceptors (Lipinski definition) is 3. The van der Waals surface area contributed by atoms with Crippen LogP contribution in [0.3, 0.4) is 0 Å². The molecule has 0 saturated heterocycles. The van der Waals surface area contributed by atoms with Crippen LogP contribution in [0.1, 0.15) is 11.1 Å². The Balaban J connectivity index is 2.11. The average Bonchev–Trinajstić information content (AvgIpc) is 2.48. The Morgan fingerprint density at radius 2 is 2.00 bits per heavy atom. The lowest BCUT2D eigenvalue weighted by atomic mass is 10.2. The van der Waals surface area contributed by atoms with Crippen molar-refractivity contribution in [2.45, 2.75) is 6.92 Å². The zero-order chi connectivity index (χ0) is 16.1. The second kappa shape index (κ2) is 6.87. The highest BCUT2D eigenvalue weighted by molar-refractivity contribution is 6.32. The Kier molecular flexibility index (Phi) is 4.91. The number of halogens is 1. The van der Waals surface area contributed by atoms with Gasteiger partial charge in [0.25, 0.3) is 5.69 Å². The topological polar surface area (TPSA) is 72.2 Å². The van der Waals surface area contributed by atoms with Crippen molar-refractivity contribution in [3.05, 3.63) is 74.8 Å². The molecule has 6 heteroatoms. The minimum Gasteiger partial charge on any atom is -0.322 e. The molecule has 0 bridgehead atoms. The van der Waals surface area contributed by atoms with Gasteiger partial charge in [0, 0.05) is 28.4 Å². The first-order chi connectivity index (χ1) is 10.5. The molecule has 0 heterocycles. The quantitative estimate of drug-likeness (QED) is 0.521. The van der Waals surface area contributed by atoms with Crippen molar-refractivity contribution >= 4 is 35.0 Å². The van der Waals surface area contributed by atoms with Gasteiger partial charge in [-0.2, -0.15) is 0 Å². The third-order valence-electron chi connectivity index (χ3n) is 2.99. The summed E-state index contributed by atoms with van der Waals surface area (Å²) < 4.78 is 0. The molecule has 0 aliphatic heterocycles. The molecular formula is C16H13ClN2O3. The highest BCUT2D eigenvalue weighted by Gasteiger charge is 2.11. The van der Waals surface area contributed by atoms with Gasteiger partial charge in [-0.25, -0.2) is 0 Å². The monoisotopic (exact) mass is 316 g/mol. The molecule has 2 aromatic carbocycles. The third-order valence-corrected chi connectivity index (χ3v) is 3.34. The standard InChI is InChI=1S/C16H13ClN2O3/c1-11-6-8-13(10-15(11)19(21)22)18-16(20)9-7-12-4-2-3-5-14(12)17/h2-10H,1H3,(H,18,20)/b9-7+. The molecule has 0 unspecified atom stereocenters. The van der Waals surface area contributed by atoms with Gasteiger partial charge in [-0.15, -0.1) is 0 Å². The van der Waals surface area contributed by atoms with Crippen molar-refractivity contribution in [1.82, 2.24) is 0 Å². The smallest absolute Gasteiger partial charge is 0.274 e. The first-order valence-electron chi connectivity index (χ1n) is 6.46. The summed E-state index contributed by atoms with van der Waals surface area (Å²) in [5.41, 5.74) is 1.59. The first-order valence-corrected chi connectivity index (χ1v) is 6.84. The molecule has 1 amide bonds. The summed E-state index contributed by atoms with van der Waals surface area (Å²) >= 11 is 5.98. The molecule has 22 heavy (non-hydrogen) atoms. The zero-order valence-corrected chi connectivity index (χ0v) is 12.5. The molecule has 5 nitrogen and oxygen atoms in total. The maximum absolute atomic E-state index is 11.9. The van der Waals surface area contributed by atoms with E-state index in [1.165, 1.54) is 12.1 Å². The van der Waals surface area contributed by atoms with Crippen LogP contribution >= 0.6 is 11.6 Å². The summed E-state index contributed by atoms with van der Waals surface area (Å²) in [6.45, 7) is 1.64. The van der Waals surface area contributed by atoms with E-state index >= 15 is 0 Å². The van der Waals surface area contributed by atoms with Gasteiger partial charge in [-0.3, -0.25) is 14.9 Å². The summed E-state index contributed by atoms with van der Waals surface area (Å²) in [6.07, 6.45) is 2.91. The highest BCUT2D eigenvalue weighted by Crippen LogP contribution is 2.22. The number of carbonyl (C=O) groups is 1. The number of rotatable bonds is 4. The van der Waals surface area contributed by atoms with Gasteiger partial charge in [-0.1, -0.05) is 35.9 Å². The molecule has 0 saturated carbocycles. The van der Waals surface area contributed by atoms with E-state index in [1.54, 1.807) is 43.3 Å². The lowest BCUT2D eigenvalue weighted by Gasteiger charge is -2.04. The largest absolute Gasteiger partial charge is 0.322 e. The van der Waals surface area contributed by atoms with Gasteiger partial charge in [0.05, 0.1) is 4.92 Å². The lowest BCUT2D eigenvalue weighted by Crippen LogP contribution is -2.08. The van der Waals surface area contributed by atoms with Gasteiger partial charge < -0.3 is 5.32 Å². The Bertz CT molecular complexity index is 757. The van der Waals surface area contributed by atoms with Crippen molar-refractivity contribution in [2.75, 3.05) is 5.32 Å². The minimum absolute atomic E-state index is 0.0344. The van der Waals surface area contributed by atoms with Gasteiger partial charge >= 0.3 is 0 Å². The Morgan fingerprint density at radius 1 is 1.27 bits per heavy atom. The van der Waals surface area contributed by atoms with Crippen molar-refractivity contribution in [3.63, 3.8) is 0 Å². The number of nitro groups is 1. The summed E-state index contributed by atoms with van der Waals surface area (Å²) in [6, 6.07) is 11.6. The normalized spacial score (nSPS) is 10.6. The minimum atomic E-state index is -0.482. The van der Waals surface area contributed by atoms with E-state index in [4.69, 9.17) is 11.6 Å². The number of nitrogens with zero attached hydrogens (tertiary/aromatic N) is 1. The number of amides is 1. The van der Waals surface area contributed by atoms with E-state index in [1.807, 2.05) is 6.07 Å². The van der Waals surface area contributed by atoms with Crippen LogP contribution in [0.15, 0.2) is 48.5 Å². The molecule has 0 aliphatic carbocycles. The average molecular weight is 317 g/mol. The summed E-state index contributed by atoms with van der Waals surface area (Å²) in [5, 5.41) is 14.0. The predicted octanol–water partition coefficient (Wildman–Crippen LogP) is 4.21. The fourth-order valence-corrected chi connectivity index (χ4v) is 2.04. The van der Waals surface area contributed by atoms with Crippen LogP contribution in [0.4, 0.5) is 11.4 Å². The van der Waals surface area contributed by atoms with E-state index in [2.05, 4.69) is 5.32 Å². The second-order valence-electron chi connectivity index (χ2n) is 4.60. The second-order valence-corrected chi connectivity index (χ2v) is 5.01. The van der Waals surface area contributed by atoms with Crippen LogP contribution in [-0.4, -0.2) is 10.8 Å². The van der Waals surface area contributed by atoms with Gasteiger partial charge in [0.1, 0.15) is 0 Å². The van der Waals surface area contributed by atoms with Gasteiger partial charge in [0.2, 0.25) is 5.91 Å². The molecule has 0 radical (unpaired) electrons. The number of anilines is 1. The Hall–Kier alpha value is -2.66. The first kappa shape index (κ1) is 15.7. The number of nitro benzene ring substituents is 1. The molecular weight excluding hydrogens is 304 g/mol. The Morgan fingerprint density at radius 3 is 2.68 bits per heavy atom. The van der Waals surface area contributed by atoms with Crippen LogP contribution in [-0.2, 0) is 4.79 Å². The fourth-order valence-electron chi connectivity index (χ4n) is 1.84. The summed E-state index contributed by atoms with van der Waals surface area (Å²) in [5.74, 6) is -0.391. The number of carbonyl (C=O) groups excluding carboxylic acids is 1. The molecule has 112 valence electrons. The number of hydrogen-bond donors (Lipinski definition) is 1. The van der Waals surface area contributed by atoms with E-state index in [0.29, 0.717) is 21.8 Å². The highest BCUT2D eigenvalue weighted by atomic mass is 35.5. The van der Waals surface area contributed by atoms with Gasteiger partial charge in [0.15, 0.2) is 0 Å². The van der Waals surface area contributed by atoms with E-state index in [0.717, 1.165) is 0 Å². The summed E-state index contributed by atoms with van der Waals surface area (Å²) in [4.78, 5) is 22.2. The number of nitrogens with one attached hydrogen (secondary N) is 1. The zero-order valence-electron chi connectivity index (χ0n) is 11.7. The van der Waals surface area contributed by atoms with Crippen molar-refractivity contribution in [2.24, 2.45) is 0 Å². The van der Waals surface area contributed by atoms with Crippen LogP contribution in [0, 0.1) is 17.0 Å². The molecule has 0 aliphatic rings. The van der Waals surface area contributed by atoms with Crippen molar-refractivity contribution in [3.8, 4) is 0 Å². The van der Waals surface area contributed by atoms with Crippen molar-refractivity contribution in [1.29, 1.82) is 0 Å². The van der Waals surface area contributed by atoms with Crippen LogP contribution in [0.2, 0.25) is 5.02 Å². The van der Waals surface area contributed by atoms with Crippen LogP contribution in [0.25, 0.3) is 6.08 Å². The molecule has 0 atom stereocenters. The SMILES string of the molecule is Cc1ccc(NC(=O)/C=C/c2ccccc2Cl)cc1[N+](=O)[O-]. The van der Waals surface area contributed by atoms with Crippen molar-refractivity contribution < 1.29 is 9.72 Å². The Labute approximate surface area is 132 Å². The maximum atomic E-state index is 11.9. The predicted molar refractivity (Wildman–Crippen MR) is 86.9 cm³/mol. The van der Waals surface area contributed by atoms with Gasteiger partial charge in [-0.05, 0) is 30.7 Å². The fraction of sp³-hybridized carbons (Fsp3) is 0.0625. The number of aryl methyl sites for hydroxylation is 1. The molecule has 0 fully saturated rings. The molecule has 0 spiro atoms. The lowest BCUT2D eigenvalue weighted by molar-refractivity contribution is -0.385. The molecule has 1 N–H and O–H groups in total. The van der Waals surface area contributed by atoms with Crippen LogP contribution < -0.4 is 5.32 Å². The molecule has 2 rings (SSSR count). The third kappa shape index (κ3) is 3.93. The van der Waals surface area contributed by atoms with E-state index in [9.17, 15) is 14.9 Å².